The highest BCUT2D eigenvalue weighted by atomic mass is 79.9. The smallest absolute Gasteiger partial charge is 0.287 e. The molecule has 0 aliphatic rings. The first kappa shape index (κ1) is 15.1. The van der Waals surface area contributed by atoms with E-state index in [1.807, 2.05) is 5.43 Å². The summed E-state index contributed by atoms with van der Waals surface area (Å²) in [5.74, 6) is 8.78. The van der Waals surface area contributed by atoms with E-state index in [4.69, 9.17) is 11.7 Å². The van der Waals surface area contributed by atoms with E-state index in [1.54, 1.807) is 0 Å². The number of nitrogens with two attached hydrogens (primary N) is 2. The van der Waals surface area contributed by atoms with Crippen molar-refractivity contribution in [2.45, 2.75) is 0 Å². The van der Waals surface area contributed by atoms with Crippen LogP contribution in [0.15, 0.2) is 33.5 Å². The van der Waals surface area contributed by atoms with Crippen LogP contribution in [0.3, 0.4) is 0 Å². The van der Waals surface area contributed by atoms with E-state index in [0.717, 1.165) is 16.8 Å². The summed E-state index contributed by atoms with van der Waals surface area (Å²) in [5, 5.41) is 3.81. The number of nitrogen functional groups attached to an aromatic ring is 2. The van der Waals surface area contributed by atoms with E-state index >= 15 is 0 Å². The molecule has 1 heterocycles. The van der Waals surface area contributed by atoms with Crippen LogP contribution in [0, 0.1) is 5.82 Å². The second kappa shape index (κ2) is 5.99. The van der Waals surface area contributed by atoms with E-state index in [1.165, 1.54) is 12.1 Å². The lowest BCUT2D eigenvalue weighted by Crippen LogP contribution is -2.35. The lowest BCUT2D eigenvalue weighted by molar-refractivity contribution is 0.0947. The number of hydrazine groups is 2. The molecule has 0 saturated carbocycles. The van der Waals surface area contributed by atoms with Gasteiger partial charge < -0.3 is 5.43 Å². The highest BCUT2D eigenvalue weighted by Crippen LogP contribution is 2.22. The number of rotatable bonds is 3. The summed E-state index contributed by atoms with van der Waals surface area (Å²) >= 11 is 3.13. The van der Waals surface area contributed by atoms with Gasteiger partial charge in [0.2, 0.25) is 0 Å². The van der Waals surface area contributed by atoms with Gasteiger partial charge in [-0.15, -0.1) is 0 Å². The Morgan fingerprint density at radius 1 is 1.38 bits per heavy atom. The number of nitrogens with one attached hydrogen (secondary N) is 2. The van der Waals surface area contributed by atoms with E-state index < -0.39 is 17.3 Å². The Morgan fingerprint density at radius 3 is 2.67 bits per heavy atom. The SMILES string of the molecule is NNC(=O)c1nn(-c2c(F)cccc2Br)c(=O)cc1NN. The molecule has 2 aromatic rings. The number of para-hydroxylation sites is 1. The molecule has 6 N–H and O–H groups in total. The molecular weight excluding hydrogens is 347 g/mol. The van der Waals surface area contributed by atoms with E-state index in [9.17, 15) is 14.0 Å². The molecule has 2 rings (SSSR count). The maximum atomic E-state index is 13.9. The average molecular weight is 357 g/mol. The van der Waals surface area contributed by atoms with Gasteiger partial charge in [0.25, 0.3) is 11.5 Å². The predicted molar refractivity (Wildman–Crippen MR) is 77.0 cm³/mol. The minimum atomic E-state index is -0.788. The zero-order valence-electron chi connectivity index (χ0n) is 10.4. The first-order chi connectivity index (χ1) is 9.99. The van der Waals surface area contributed by atoms with Crippen LogP contribution in [-0.2, 0) is 0 Å². The van der Waals surface area contributed by atoms with Crippen LogP contribution in [0.2, 0.25) is 0 Å². The molecular formula is C11H10BrFN6O2. The number of halogens is 2. The third kappa shape index (κ3) is 2.77. The van der Waals surface area contributed by atoms with Crippen molar-refractivity contribution in [2.75, 3.05) is 5.43 Å². The van der Waals surface area contributed by atoms with Gasteiger partial charge in [-0.2, -0.15) is 9.78 Å². The van der Waals surface area contributed by atoms with Gasteiger partial charge >= 0.3 is 0 Å². The van der Waals surface area contributed by atoms with Crippen molar-refractivity contribution in [2.24, 2.45) is 11.7 Å². The largest absolute Gasteiger partial charge is 0.322 e. The van der Waals surface area contributed by atoms with Crippen LogP contribution in [0.4, 0.5) is 10.1 Å². The monoisotopic (exact) mass is 356 g/mol. The minimum absolute atomic E-state index is 0.0355. The number of carbonyl (C=O) groups is 1. The number of nitrogens with zero attached hydrogens (tertiary/aromatic N) is 2. The third-order valence-electron chi connectivity index (χ3n) is 2.58. The third-order valence-corrected chi connectivity index (χ3v) is 3.22. The van der Waals surface area contributed by atoms with Gasteiger partial charge in [-0.05, 0) is 28.1 Å². The number of anilines is 1. The number of carbonyl (C=O) groups excluding carboxylic acids is 1. The quantitative estimate of drug-likeness (QED) is 0.348. The zero-order valence-corrected chi connectivity index (χ0v) is 12.0. The molecule has 0 aliphatic heterocycles. The molecule has 1 aromatic carbocycles. The fraction of sp³-hybridized carbons (Fsp3) is 0. The van der Waals surface area contributed by atoms with Crippen molar-refractivity contribution >= 4 is 27.5 Å². The van der Waals surface area contributed by atoms with Gasteiger partial charge in [-0.25, -0.2) is 10.2 Å². The lowest BCUT2D eigenvalue weighted by Gasteiger charge is -2.12. The summed E-state index contributed by atoms with van der Waals surface area (Å²) in [6.45, 7) is 0. The fourth-order valence-corrected chi connectivity index (χ4v) is 2.16. The average Bonchev–Trinajstić information content (AvgIpc) is 2.47. The molecule has 1 amide bonds. The molecule has 0 spiro atoms. The number of hydrogen-bond acceptors (Lipinski definition) is 6. The summed E-state index contributed by atoms with van der Waals surface area (Å²) in [7, 11) is 0. The number of benzene rings is 1. The molecule has 1 aromatic heterocycles. The van der Waals surface area contributed by atoms with Crippen molar-refractivity contribution in [3.63, 3.8) is 0 Å². The van der Waals surface area contributed by atoms with Gasteiger partial charge in [0.15, 0.2) is 5.69 Å². The molecule has 0 bridgehead atoms. The van der Waals surface area contributed by atoms with E-state index in [0.29, 0.717) is 4.47 Å². The van der Waals surface area contributed by atoms with Crippen LogP contribution >= 0.6 is 15.9 Å². The van der Waals surface area contributed by atoms with Crippen LogP contribution in [0.25, 0.3) is 5.69 Å². The van der Waals surface area contributed by atoms with Crippen molar-refractivity contribution in [3.05, 3.63) is 50.6 Å². The predicted octanol–water partition coefficient (Wildman–Crippen LogP) is 0.0232. The van der Waals surface area contributed by atoms with E-state index in [-0.39, 0.29) is 17.1 Å². The van der Waals surface area contributed by atoms with Crippen LogP contribution < -0.4 is 28.1 Å². The van der Waals surface area contributed by atoms with Gasteiger partial charge in [0.05, 0.1) is 5.69 Å². The molecule has 10 heteroatoms. The molecule has 0 saturated heterocycles. The molecule has 110 valence electrons. The van der Waals surface area contributed by atoms with Crippen LogP contribution in [-0.4, -0.2) is 15.7 Å². The van der Waals surface area contributed by atoms with Crippen LogP contribution in [0.5, 0.6) is 0 Å². The normalized spacial score (nSPS) is 10.3. The number of hydrogen-bond donors (Lipinski definition) is 4. The van der Waals surface area contributed by atoms with Gasteiger partial charge in [-0.3, -0.25) is 20.9 Å². The number of aromatic nitrogens is 2. The summed E-state index contributed by atoms with van der Waals surface area (Å²) < 4.78 is 15.0. The molecule has 0 fully saturated rings. The van der Waals surface area contributed by atoms with Gasteiger partial charge in [-0.1, -0.05) is 6.07 Å². The maximum absolute atomic E-state index is 13.9. The van der Waals surface area contributed by atoms with E-state index in [2.05, 4.69) is 26.5 Å². The molecule has 8 nitrogen and oxygen atoms in total. The Hall–Kier alpha value is -2.30. The van der Waals surface area contributed by atoms with Crippen molar-refractivity contribution in [1.82, 2.24) is 15.2 Å². The first-order valence-corrected chi connectivity index (χ1v) is 6.35. The minimum Gasteiger partial charge on any atom is -0.322 e. The van der Waals surface area contributed by atoms with Gasteiger partial charge in [0, 0.05) is 10.5 Å². The summed E-state index contributed by atoms with van der Waals surface area (Å²) in [6.07, 6.45) is 0. The second-order valence-corrected chi connectivity index (χ2v) is 4.70. The zero-order chi connectivity index (χ0) is 15.6. The molecule has 21 heavy (non-hydrogen) atoms. The van der Waals surface area contributed by atoms with Crippen molar-refractivity contribution in [1.29, 1.82) is 0 Å². The van der Waals surface area contributed by atoms with Gasteiger partial charge in [0.1, 0.15) is 11.5 Å². The molecule has 0 aliphatic carbocycles. The lowest BCUT2D eigenvalue weighted by atomic mass is 10.3. The Labute approximate surface area is 126 Å². The summed E-state index contributed by atoms with van der Waals surface area (Å²) in [4.78, 5) is 23.7. The first-order valence-electron chi connectivity index (χ1n) is 5.56. The summed E-state index contributed by atoms with van der Waals surface area (Å²) in [6, 6.07) is 5.16. The van der Waals surface area contributed by atoms with Crippen molar-refractivity contribution < 1.29 is 9.18 Å². The van der Waals surface area contributed by atoms with Crippen LogP contribution in [0.1, 0.15) is 10.5 Å². The highest BCUT2D eigenvalue weighted by molar-refractivity contribution is 9.10. The Morgan fingerprint density at radius 2 is 2.10 bits per heavy atom. The Bertz CT molecular complexity index is 743. The number of amides is 1. The standard InChI is InChI=1S/C11H10BrFN6O2/c12-5-2-1-3-6(13)10(5)19-8(20)4-7(16-14)9(18-19)11(21)17-15/h1-4,16H,14-15H2,(H,17,21). The highest BCUT2D eigenvalue weighted by Gasteiger charge is 2.18. The molecule has 0 unspecified atom stereocenters. The fourth-order valence-electron chi connectivity index (χ4n) is 1.65. The Balaban J connectivity index is 2.76. The molecule has 0 atom stereocenters. The Kier molecular flexibility index (Phi) is 4.31. The van der Waals surface area contributed by atoms with Crippen molar-refractivity contribution in [3.8, 4) is 5.69 Å². The summed E-state index contributed by atoms with van der Waals surface area (Å²) in [5.41, 5.74) is 2.93. The maximum Gasteiger partial charge on any atom is 0.287 e. The second-order valence-electron chi connectivity index (χ2n) is 3.84. The molecule has 0 radical (unpaired) electrons. The topological polar surface area (TPSA) is 128 Å².